The lowest BCUT2D eigenvalue weighted by atomic mass is 9.91. The Balaban J connectivity index is 0.000000183. The SMILES string of the molecule is Cc1ccnc(-c2nc3ncccc3c(Cl)c2C)c1.Cc1ccnc(-c2nc3ncccc3c(N3CC(C)(C)c4ncc(N5CCOCC5)cc43)c2C)c1. The number of fused-ring (bicyclic) bond motifs is 3. The lowest BCUT2D eigenvalue weighted by molar-refractivity contribution is 0.122. The molecule has 7 aromatic heterocycles. The highest BCUT2D eigenvalue weighted by Gasteiger charge is 2.39. The summed E-state index contributed by atoms with van der Waals surface area (Å²) in [5.74, 6) is 0. The lowest BCUT2D eigenvalue weighted by Gasteiger charge is -2.30. The summed E-state index contributed by atoms with van der Waals surface area (Å²) in [5.41, 5.74) is 13.5. The van der Waals surface area contributed by atoms with Gasteiger partial charge in [0.15, 0.2) is 11.3 Å². The minimum atomic E-state index is -0.0924. The van der Waals surface area contributed by atoms with Crippen molar-refractivity contribution in [1.82, 2.24) is 34.9 Å². The fourth-order valence-corrected chi connectivity index (χ4v) is 7.66. The molecule has 272 valence electrons. The fraction of sp³-hybridized carbons (Fsp3) is 0.279. The van der Waals surface area contributed by atoms with Gasteiger partial charge >= 0.3 is 0 Å². The molecule has 0 saturated carbocycles. The van der Waals surface area contributed by atoms with Gasteiger partial charge in [0.1, 0.15) is 0 Å². The third kappa shape index (κ3) is 6.60. The van der Waals surface area contributed by atoms with Crippen molar-refractivity contribution in [3.05, 3.63) is 119 Å². The van der Waals surface area contributed by atoms with Crippen molar-refractivity contribution >= 4 is 50.7 Å². The number of morpholine rings is 1. The van der Waals surface area contributed by atoms with Crippen LogP contribution in [0.4, 0.5) is 17.1 Å². The van der Waals surface area contributed by atoms with Gasteiger partial charge in [-0.15, -0.1) is 0 Å². The van der Waals surface area contributed by atoms with Gasteiger partial charge in [-0.1, -0.05) is 25.4 Å². The average Bonchev–Trinajstić information content (AvgIpc) is 3.45. The molecule has 0 bridgehead atoms. The molecule has 0 amide bonds. The van der Waals surface area contributed by atoms with Crippen molar-refractivity contribution in [2.45, 2.75) is 47.0 Å². The molecule has 0 atom stereocenters. The van der Waals surface area contributed by atoms with E-state index in [0.717, 1.165) is 117 Å². The normalized spacial score (nSPS) is 14.9. The Morgan fingerprint density at radius 2 is 1.28 bits per heavy atom. The number of hydrogen-bond acceptors (Lipinski definition) is 10. The zero-order valence-electron chi connectivity index (χ0n) is 31.4. The molecule has 0 spiro atoms. The maximum atomic E-state index is 6.41. The van der Waals surface area contributed by atoms with E-state index in [9.17, 15) is 0 Å². The standard InChI is InChI=1S/C28H30N6O.C15H12ClN3/c1-18-7-9-29-22(14-18)24-19(2)25(21-6-5-8-30-27(21)32-24)34-17-28(3,4)26-23(34)15-20(16-31-26)33-10-12-35-13-11-33;1-9-5-7-17-12(8-9)14-10(2)13(16)11-4-3-6-18-15(11)19-14/h5-9,14-16H,10-13,17H2,1-4H3;3-8H,1-2H3. The van der Waals surface area contributed by atoms with Gasteiger partial charge in [0, 0.05) is 66.2 Å². The maximum absolute atomic E-state index is 6.41. The Hall–Kier alpha value is -5.58. The van der Waals surface area contributed by atoms with Crippen LogP contribution in [0.3, 0.4) is 0 Å². The summed E-state index contributed by atoms with van der Waals surface area (Å²) in [6.45, 7) is 16.9. The van der Waals surface area contributed by atoms with Crippen LogP contribution < -0.4 is 9.80 Å². The van der Waals surface area contributed by atoms with Gasteiger partial charge < -0.3 is 14.5 Å². The van der Waals surface area contributed by atoms with Crippen LogP contribution in [0, 0.1) is 27.7 Å². The molecule has 1 fully saturated rings. The molecule has 0 unspecified atom stereocenters. The Bertz CT molecular complexity index is 2530. The molecule has 1 saturated heterocycles. The van der Waals surface area contributed by atoms with Crippen LogP contribution in [0.25, 0.3) is 44.8 Å². The Morgan fingerprint density at radius 3 is 1.91 bits per heavy atom. The van der Waals surface area contributed by atoms with E-state index in [4.69, 9.17) is 26.3 Å². The van der Waals surface area contributed by atoms with Gasteiger partial charge in [-0.05, 0) is 99.0 Å². The summed E-state index contributed by atoms with van der Waals surface area (Å²) >= 11 is 6.41. The second kappa shape index (κ2) is 14.3. The predicted molar refractivity (Wildman–Crippen MR) is 217 cm³/mol. The van der Waals surface area contributed by atoms with Crippen LogP contribution in [0.15, 0.2) is 85.6 Å². The Morgan fingerprint density at radius 1 is 0.685 bits per heavy atom. The van der Waals surface area contributed by atoms with Crippen molar-refractivity contribution in [3.63, 3.8) is 0 Å². The summed E-state index contributed by atoms with van der Waals surface area (Å²) in [6, 6.07) is 18.3. The highest BCUT2D eigenvalue weighted by Crippen LogP contribution is 2.48. The molecule has 54 heavy (non-hydrogen) atoms. The van der Waals surface area contributed by atoms with Gasteiger partial charge in [0.2, 0.25) is 0 Å². The molecule has 0 aromatic carbocycles. The van der Waals surface area contributed by atoms with Crippen molar-refractivity contribution in [2.75, 3.05) is 42.6 Å². The molecule has 10 nitrogen and oxygen atoms in total. The molecule has 0 N–H and O–H groups in total. The van der Waals surface area contributed by atoms with E-state index < -0.39 is 0 Å². The van der Waals surface area contributed by atoms with E-state index in [-0.39, 0.29) is 5.41 Å². The monoisotopic (exact) mass is 735 g/mol. The van der Waals surface area contributed by atoms with Gasteiger partial charge in [0.05, 0.1) is 70.0 Å². The number of halogens is 1. The average molecular weight is 736 g/mol. The summed E-state index contributed by atoms with van der Waals surface area (Å²) in [7, 11) is 0. The summed E-state index contributed by atoms with van der Waals surface area (Å²) < 4.78 is 5.57. The van der Waals surface area contributed by atoms with Crippen LogP contribution in [0.2, 0.25) is 5.02 Å². The molecular weight excluding hydrogens is 694 g/mol. The lowest BCUT2D eigenvalue weighted by Crippen LogP contribution is -2.36. The van der Waals surface area contributed by atoms with Gasteiger partial charge in [0.25, 0.3) is 0 Å². The first-order chi connectivity index (χ1) is 26.1. The second-order valence-corrected chi connectivity index (χ2v) is 15.0. The van der Waals surface area contributed by atoms with Crippen LogP contribution >= 0.6 is 11.6 Å². The van der Waals surface area contributed by atoms with Crippen molar-refractivity contribution in [1.29, 1.82) is 0 Å². The van der Waals surface area contributed by atoms with Crippen molar-refractivity contribution < 1.29 is 4.74 Å². The minimum Gasteiger partial charge on any atom is -0.378 e. The van der Waals surface area contributed by atoms with E-state index in [1.807, 2.05) is 68.8 Å². The first-order valence-electron chi connectivity index (χ1n) is 18.2. The topological polar surface area (TPSA) is 106 Å². The summed E-state index contributed by atoms with van der Waals surface area (Å²) in [5, 5.41) is 2.61. The van der Waals surface area contributed by atoms with E-state index in [2.05, 4.69) is 80.6 Å². The molecular formula is C43H42ClN9O. The molecule has 7 aromatic rings. The Kier molecular flexibility index (Phi) is 9.41. The van der Waals surface area contributed by atoms with Crippen LogP contribution in [0.1, 0.15) is 41.8 Å². The number of rotatable bonds is 4. The van der Waals surface area contributed by atoms with Crippen molar-refractivity contribution in [3.8, 4) is 22.8 Å². The van der Waals surface area contributed by atoms with E-state index in [1.165, 1.54) is 0 Å². The number of pyridine rings is 7. The van der Waals surface area contributed by atoms with E-state index in [0.29, 0.717) is 10.7 Å². The highest BCUT2D eigenvalue weighted by molar-refractivity contribution is 6.36. The number of hydrogen-bond donors (Lipinski definition) is 0. The molecule has 2 aliphatic rings. The maximum Gasteiger partial charge on any atom is 0.161 e. The first-order valence-corrected chi connectivity index (χ1v) is 18.6. The number of anilines is 3. The number of nitrogens with zero attached hydrogens (tertiary/aromatic N) is 9. The molecule has 9 heterocycles. The van der Waals surface area contributed by atoms with Gasteiger partial charge in [-0.3, -0.25) is 15.0 Å². The zero-order valence-corrected chi connectivity index (χ0v) is 32.2. The minimum absolute atomic E-state index is 0.0924. The van der Waals surface area contributed by atoms with E-state index >= 15 is 0 Å². The Labute approximate surface area is 320 Å². The highest BCUT2D eigenvalue weighted by atomic mass is 35.5. The molecule has 11 heteroatoms. The third-order valence-corrected chi connectivity index (χ3v) is 10.7. The van der Waals surface area contributed by atoms with Gasteiger partial charge in [-0.2, -0.15) is 0 Å². The van der Waals surface area contributed by atoms with Gasteiger partial charge in [-0.25, -0.2) is 19.9 Å². The van der Waals surface area contributed by atoms with Crippen LogP contribution in [-0.2, 0) is 10.2 Å². The fourth-order valence-electron chi connectivity index (χ4n) is 7.42. The predicted octanol–water partition coefficient (Wildman–Crippen LogP) is 8.93. The molecule has 0 radical (unpaired) electrons. The number of aromatic nitrogens is 7. The molecule has 0 aliphatic carbocycles. The van der Waals surface area contributed by atoms with Crippen LogP contribution in [0.5, 0.6) is 0 Å². The third-order valence-electron chi connectivity index (χ3n) is 10.2. The first kappa shape index (κ1) is 35.4. The zero-order chi connectivity index (χ0) is 37.6. The number of aryl methyl sites for hydroxylation is 2. The number of ether oxygens (including phenoxy) is 1. The summed E-state index contributed by atoms with van der Waals surface area (Å²) in [6.07, 6.45) is 9.18. The molecule has 2 aliphatic heterocycles. The second-order valence-electron chi connectivity index (χ2n) is 14.7. The van der Waals surface area contributed by atoms with E-state index in [1.54, 1.807) is 12.4 Å². The largest absolute Gasteiger partial charge is 0.378 e. The summed E-state index contributed by atoms with van der Waals surface area (Å²) in [4.78, 5) is 37.3. The van der Waals surface area contributed by atoms with Crippen LogP contribution in [-0.4, -0.2) is 67.7 Å². The molecule has 9 rings (SSSR count). The quantitative estimate of drug-likeness (QED) is 0.174. The van der Waals surface area contributed by atoms with Crippen molar-refractivity contribution in [2.24, 2.45) is 0 Å². The smallest absolute Gasteiger partial charge is 0.161 e.